The van der Waals surface area contributed by atoms with Gasteiger partial charge in [0.15, 0.2) is 0 Å². The molecule has 0 saturated carbocycles. The fraction of sp³-hybridized carbons (Fsp3) is 0.333. The molecule has 0 radical (unpaired) electrons. The summed E-state index contributed by atoms with van der Waals surface area (Å²) in [5.74, 6) is 0. The van der Waals surface area contributed by atoms with E-state index in [2.05, 4.69) is 30.1 Å². The summed E-state index contributed by atoms with van der Waals surface area (Å²) in [6.45, 7) is 3.44. The summed E-state index contributed by atoms with van der Waals surface area (Å²) in [7, 11) is 1.75. The molecule has 2 nitrogen and oxygen atoms in total. The summed E-state index contributed by atoms with van der Waals surface area (Å²) < 4.78 is 0. The normalized spacial score (nSPS) is 7.67. The first kappa shape index (κ1) is 5.85. The molecule has 0 aromatic rings. The van der Waals surface area contributed by atoms with Gasteiger partial charge in [0.25, 0.3) is 0 Å². The summed E-state index contributed by atoms with van der Waals surface area (Å²) >= 11 is 3.81. The lowest BCUT2D eigenvalue weighted by molar-refractivity contribution is 0.724. The maximum Gasteiger partial charge on any atom is 0.0719 e. The molecule has 0 heterocycles. The zero-order valence-electron chi connectivity index (χ0n) is 3.65. The highest BCUT2D eigenvalue weighted by Gasteiger charge is 1.70. The third-order valence-corrected chi connectivity index (χ3v) is 0.381. The van der Waals surface area contributed by atoms with Crippen LogP contribution in [-0.2, 0) is 0 Å². The first-order chi connectivity index (χ1) is 2.77. The van der Waals surface area contributed by atoms with Crippen molar-refractivity contribution in [1.29, 1.82) is 0 Å². The first-order valence-corrected chi connectivity index (χ1v) is 2.02. The van der Waals surface area contributed by atoms with Crippen molar-refractivity contribution in [2.75, 3.05) is 7.05 Å². The molecule has 0 aromatic heterocycles. The van der Waals surface area contributed by atoms with E-state index in [0.29, 0.717) is 5.03 Å². The van der Waals surface area contributed by atoms with Crippen molar-refractivity contribution in [1.82, 2.24) is 10.9 Å². The maximum atomic E-state index is 3.81. The van der Waals surface area contributed by atoms with Gasteiger partial charge in [-0.2, -0.15) is 0 Å². The highest BCUT2D eigenvalue weighted by atomic mass is 32.1. The van der Waals surface area contributed by atoms with E-state index in [1.165, 1.54) is 0 Å². The Morgan fingerprint density at radius 3 is 2.33 bits per heavy atom. The van der Waals surface area contributed by atoms with Gasteiger partial charge in [-0.25, -0.2) is 5.43 Å². The number of hydrazine groups is 1. The van der Waals surface area contributed by atoms with E-state index in [4.69, 9.17) is 0 Å². The molecule has 0 aliphatic rings. The van der Waals surface area contributed by atoms with Crippen LogP contribution in [0.4, 0.5) is 0 Å². The van der Waals surface area contributed by atoms with Crippen molar-refractivity contribution in [3.8, 4) is 0 Å². The third kappa shape index (κ3) is 3.85. The number of hydrogen-bond acceptors (Lipinski definition) is 3. The van der Waals surface area contributed by atoms with E-state index >= 15 is 0 Å². The Morgan fingerprint density at radius 2 is 2.33 bits per heavy atom. The van der Waals surface area contributed by atoms with Crippen LogP contribution in [0.15, 0.2) is 11.6 Å². The Bertz CT molecular complexity index is 52.8. The van der Waals surface area contributed by atoms with Gasteiger partial charge in [-0.05, 0) is 0 Å². The lowest BCUT2D eigenvalue weighted by Gasteiger charge is -1.96. The lowest BCUT2D eigenvalue weighted by Crippen LogP contribution is -2.23. The predicted octanol–water partition coefficient (Wildman–Crippen LogP) is 0.111. The fourth-order valence-electron chi connectivity index (χ4n) is 0.144. The Balaban J connectivity index is 2.83. The molecule has 0 saturated heterocycles. The first-order valence-electron chi connectivity index (χ1n) is 1.58. The number of rotatable bonds is 2. The average Bonchev–Trinajstić information content (AvgIpc) is 1.35. The number of hydrogen-bond donors (Lipinski definition) is 3. The quantitative estimate of drug-likeness (QED) is 0.342. The van der Waals surface area contributed by atoms with Gasteiger partial charge in [-0.1, -0.05) is 6.58 Å². The van der Waals surface area contributed by atoms with Crippen molar-refractivity contribution in [3.05, 3.63) is 11.6 Å². The Morgan fingerprint density at radius 1 is 1.83 bits per heavy atom. The summed E-state index contributed by atoms with van der Waals surface area (Å²) in [6, 6.07) is 0. The smallest absolute Gasteiger partial charge is 0.0719 e. The topological polar surface area (TPSA) is 24.1 Å². The molecule has 0 atom stereocenters. The molecule has 3 heteroatoms. The van der Waals surface area contributed by atoms with Crippen molar-refractivity contribution >= 4 is 12.6 Å². The molecule has 0 aromatic carbocycles. The number of thiol groups is 1. The van der Waals surface area contributed by atoms with Gasteiger partial charge in [0.05, 0.1) is 5.03 Å². The second kappa shape index (κ2) is 3.06. The minimum Gasteiger partial charge on any atom is -0.317 e. The molecule has 0 unspecified atom stereocenters. The Kier molecular flexibility index (Phi) is 2.98. The van der Waals surface area contributed by atoms with Crippen LogP contribution in [0.2, 0.25) is 0 Å². The monoisotopic (exact) mass is 104 g/mol. The van der Waals surface area contributed by atoms with E-state index in [1.807, 2.05) is 0 Å². The van der Waals surface area contributed by atoms with Gasteiger partial charge in [0.2, 0.25) is 0 Å². The van der Waals surface area contributed by atoms with Crippen molar-refractivity contribution < 1.29 is 0 Å². The second-order valence-electron chi connectivity index (χ2n) is 0.822. The zero-order valence-corrected chi connectivity index (χ0v) is 4.55. The Labute approximate surface area is 43.0 Å². The molecule has 0 aliphatic carbocycles. The second-order valence-corrected chi connectivity index (χ2v) is 1.36. The van der Waals surface area contributed by atoms with Gasteiger partial charge in [-0.3, -0.25) is 0 Å². The van der Waals surface area contributed by atoms with Gasteiger partial charge >= 0.3 is 0 Å². The molecule has 0 bridgehead atoms. The van der Waals surface area contributed by atoms with Crippen LogP contribution in [0.5, 0.6) is 0 Å². The highest BCUT2D eigenvalue weighted by molar-refractivity contribution is 7.84. The van der Waals surface area contributed by atoms with Crippen LogP contribution in [0.1, 0.15) is 0 Å². The summed E-state index contributed by atoms with van der Waals surface area (Å²) in [4.78, 5) is 0. The zero-order chi connectivity index (χ0) is 4.99. The largest absolute Gasteiger partial charge is 0.317 e. The van der Waals surface area contributed by atoms with Crippen LogP contribution in [0.3, 0.4) is 0 Å². The van der Waals surface area contributed by atoms with E-state index < -0.39 is 0 Å². The molecule has 6 heavy (non-hydrogen) atoms. The molecule has 0 spiro atoms. The minimum atomic E-state index is 0.623. The van der Waals surface area contributed by atoms with Crippen LogP contribution in [0, 0.1) is 0 Å². The summed E-state index contributed by atoms with van der Waals surface area (Å²) in [5.41, 5.74) is 5.27. The molecule has 0 aliphatic heterocycles. The molecular weight excluding hydrogens is 96.1 g/mol. The molecule has 0 rings (SSSR count). The molecular formula is C3H8N2S. The van der Waals surface area contributed by atoms with E-state index in [1.54, 1.807) is 7.05 Å². The average molecular weight is 104 g/mol. The number of nitrogens with one attached hydrogen (secondary N) is 2. The molecule has 2 N–H and O–H groups in total. The van der Waals surface area contributed by atoms with E-state index in [9.17, 15) is 0 Å². The molecule has 0 fully saturated rings. The maximum absolute atomic E-state index is 3.81. The SMILES string of the molecule is C=C(S)NNC. The standard InChI is InChI=1S/C3H8N2S/c1-3(6)5-4-2/h4-6H,1H2,2H3. The van der Waals surface area contributed by atoms with Crippen LogP contribution < -0.4 is 10.9 Å². The summed E-state index contributed by atoms with van der Waals surface area (Å²) in [5, 5.41) is 0.623. The molecule has 36 valence electrons. The van der Waals surface area contributed by atoms with Crippen LogP contribution >= 0.6 is 12.6 Å². The minimum absolute atomic E-state index is 0.623. The van der Waals surface area contributed by atoms with Crippen LogP contribution in [-0.4, -0.2) is 7.05 Å². The highest BCUT2D eigenvalue weighted by Crippen LogP contribution is 1.81. The van der Waals surface area contributed by atoms with Gasteiger partial charge in [-0.15, -0.1) is 12.6 Å². The summed E-state index contributed by atoms with van der Waals surface area (Å²) in [6.07, 6.45) is 0. The van der Waals surface area contributed by atoms with E-state index in [-0.39, 0.29) is 0 Å². The van der Waals surface area contributed by atoms with Gasteiger partial charge in [0.1, 0.15) is 0 Å². The van der Waals surface area contributed by atoms with Gasteiger partial charge in [0, 0.05) is 7.05 Å². The predicted molar refractivity (Wildman–Crippen MR) is 30.3 cm³/mol. The van der Waals surface area contributed by atoms with Crippen molar-refractivity contribution in [2.45, 2.75) is 0 Å². The van der Waals surface area contributed by atoms with Gasteiger partial charge < -0.3 is 5.43 Å². The Hall–Kier alpha value is -0.150. The third-order valence-electron chi connectivity index (χ3n) is 0.269. The van der Waals surface area contributed by atoms with E-state index in [0.717, 1.165) is 0 Å². The lowest BCUT2D eigenvalue weighted by atomic mass is 11.0. The molecule has 0 amide bonds. The van der Waals surface area contributed by atoms with Crippen molar-refractivity contribution in [3.63, 3.8) is 0 Å². The van der Waals surface area contributed by atoms with Crippen molar-refractivity contribution in [2.24, 2.45) is 0 Å². The fourth-order valence-corrected chi connectivity index (χ4v) is 0.256. The van der Waals surface area contributed by atoms with Crippen LogP contribution in [0.25, 0.3) is 0 Å².